The standard InChI is InChI=1S/C11H15NO3/c1-3-9(13)12-10-6(2)4-7-5-8(10)15-11(7)14/h3,6-8,10H,1,4-5H2,2H3,(H,12,13). The molecule has 1 aliphatic carbocycles. The minimum atomic E-state index is -0.201. The Morgan fingerprint density at radius 2 is 2.33 bits per heavy atom. The zero-order chi connectivity index (χ0) is 11.0. The summed E-state index contributed by atoms with van der Waals surface area (Å²) in [6.07, 6.45) is 2.65. The van der Waals surface area contributed by atoms with E-state index in [2.05, 4.69) is 11.9 Å². The minimum absolute atomic E-state index is 0.0434. The first-order valence-electron chi connectivity index (χ1n) is 5.25. The van der Waals surface area contributed by atoms with E-state index in [1.807, 2.05) is 6.92 Å². The SMILES string of the molecule is C=CC(=O)NC1C(C)CC2CC1OC2=O. The van der Waals surface area contributed by atoms with Gasteiger partial charge in [-0.05, 0) is 24.8 Å². The summed E-state index contributed by atoms with van der Waals surface area (Å²) in [4.78, 5) is 22.6. The summed E-state index contributed by atoms with van der Waals surface area (Å²) in [6.45, 7) is 5.44. The molecule has 2 fully saturated rings. The Bertz CT molecular complexity index is 313. The molecule has 0 aromatic rings. The molecule has 0 aromatic carbocycles. The lowest BCUT2D eigenvalue weighted by molar-refractivity contribution is -0.144. The van der Waals surface area contributed by atoms with Crippen LogP contribution in [0.1, 0.15) is 19.8 Å². The second-order valence-corrected chi connectivity index (χ2v) is 4.36. The Balaban J connectivity index is 2.08. The lowest BCUT2D eigenvalue weighted by Gasteiger charge is -2.31. The van der Waals surface area contributed by atoms with Crippen molar-refractivity contribution in [2.45, 2.75) is 31.9 Å². The normalized spacial score (nSPS) is 38.3. The van der Waals surface area contributed by atoms with E-state index in [4.69, 9.17) is 4.74 Å². The van der Waals surface area contributed by atoms with Crippen LogP contribution in [0.5, 0.6) is 0 Å². The monoisotopic (exact) mass is 209 g/mol. The fourth-order valence-corrected chi connectivity index (χ4v) is 2.50. The molecule has 0 spiro atoms. The predicted octanol–water partition coefficient (Wildman–Crippen LogP) is 0.629. The van der Waals surface area contributed by atoms with Crippen molar-refractivity contribution in [1.29, 1.82) is 0 Å². The van der Waals surface area contributed by atoms with Crippen molar-refractivity contribution in [1.82, 2.24) is 5.32 Å². The van der Waals surface area contributed by atoms with Crippen LogP contribution in [0, 0.1) is 11.8 Å². The molecule has 1 saturated heterocycles. The van der Waals surface area contributed by atoms with Gasteiger partial charge in [0.15, 0.2) is 0 Å². The van der Waals surface area contributed by atoms with Crippen LogP contribution in [0.15, 0.2) is 12.7 Å². The molecule has 1 aliphatic heterocycles. The van der Waals surface area contributed by atoms with Gasteiger partial charge in [-0.15, -0.1) is 0 Å². The van der Waals surface area contributed by atoms with Crippen LogP contribution in [0.2, 0.25) is 0 Å². The highest BCUT2D eigenvalue weighted by atomic mass is 16.6. The van der Waals surface area contributed by atoms with Crippen LogP contribution >= 0.6 is 0 Å². The zero-order valence-corrected chi connectivity index (χ0v) is 8.73. The van der Waals surface area contributed by atoms with Crippen LogP contribution in [0.25, 0.3) is 0 Å². The molecule has 1 heterocycles. The van der Waals surface area contributed by atoms with Crippen molar-refractivity contribution in [3.63, 3.8) is 0 Å². The summed E-state index contributed by atoms with van der Waals surface area (Å²) in [7, 11) is 0. The van der Waals surface area contributed by atoms with Gasteiger partial charge in [0.1, 0.15) is 6.10 Å². The van der Waals surface area contributed by atoms with Crippen LogP contribution in [0.3, 0.4) is 0 Å². The van der Waals surface area contributed by atoms with E-state index >= 15 is 0 Å². The quantitative estimate of drug-likeness (QED) is 0.536. The minimum Gasteiger partial charge on any atom is -0.460 e. The topological polar surface area (TPSA) is 55.4 Å². The van der Waals surface area contributed by atoms with Gasteiger partial charge >= 0.3 is 5.97 Å². The van der Waals surface area contributed by atoms with Crippen LogP contribution in [0.4, 0.5) is 0 Å². The lowest BCUT2D eigenvalue weighted by Crippen LogP contribution is -2.48. The van der Waals surface area contributed by atoms with Gasteiger partial charge in [-0.25, -0.2) is 0 Å². The summed E-state index contributed by atoms with van der Waals surface area (Å²) in [5, 5.41) is 2.83. The Morgan fingerprint density at radius 3 is 3.00 bits per heavy atom. The Kier molecular flexibility index (Phi) is 2.50. The largest absolute Gasteiger partial charge is 0.460 e. The molecule has 4 atom stereocenters. The third-order valence-electron chi connectivity index (χ3n) is 3.28. The molecule has 82 valence electrons. The average molecular weight is 209 g/mol. The van der Waals surface area contributed by atoms with Gasteiger partial charge < -0.3 is 10.1 Å². The van der Waals surface area contributed by atoms with E-state index < -0.39 is 0 Å². The number of carbonyl (C=O) groups excluding carboxylic acids is 2. The van der Waals surface area contributed by atoms with Crippen molar-refractivity contribution in [3.05, 3.63) is 12.7 Å². The summed E-state index contributed by atoms with van der Waals surface area (Å²) in [6, 6.07) is -0.0572. The number of carbonyl (C=O) groups is 2. The van der Waals surface area contributed by atoms with Gasteiger partial charge in [-0.1, -0.05) is 13.5 Å². The van der Waals surface area contributed by atoms with Crippen molar-refractivity contribution in [2.24, 2.45) is 11.8 Å². The number of hydrogen-bond acceptors (Lipinski definition) is 3. The molecule has 1 N–H and O–H groups in total. The molecule has 2 rings (SSSR count). The zero-order valence-electron chi connectivity index (χ0n) is 8.73. The Labute approximate surface area is 88.7 Å². The first kappa shape index (κ1) is 10.2. The molecule has 4 unspecified atom stereocenters. The van der Waals surface area contributed by atoms with Gasteiger partial charge in [0, 0.05) is 0 Å². The van der Waals surface area contributed by atoms with E-state index in [0.717, 1.165) is 12.8 Å². The average Bonchev–Trinajstić information content (AvgIpc) is 2.51. The summed E-state index contributed by atoms with van der Waals surface area (Å²) < 4.78 is 5.23. The van der Waals surface area contributed by atoms with Crippen molar-refractivity contribution < 1.29 is 14.3 Å². The molecule has 2 aliphatic rings. The number of esters is 1. The number of hydrogen-bond donors (Lipinski definition) is 1. The fourth-order valence-electron chi connectivity index (χ4n) is 2.50. The highest BCUT2D eigenvalue weighted by Crippen LogP contribution is 2.37. The van der Waals surface area contributed by atoms with Crippen LogP contribution in [-0.4, -0.2) is 24.0 Å². The van der Waals surface area contributed by atoms with Gasteiger partial charge in [0.25, 0.3) is 0 Å². The molecule has 15 heavy (non-hydrogen) atoms. The molecule has 1 saturated carbocycles. The molecule has 4 heteroatoms. The maximum Gasteiger partial charge on any atom is 0.309 e. The molecule has 4 nitrogen and oxygen atoms in total. The van der Waals surface area contributed by atoms with Crippen molar-refractivity contribution in [2.75, 3.05) is 0 Å². The molecule has 0 radical (unpaired) electrons. The summed E-state index contributed by atoms with van der Waals surface area (Å²) in [5.74, 6) is 0.0152. The van der Waals surface area contributed by atoms with E-state index in [1.54, 1.807) is 0 Å². The fraction of sp³-hybridized carbons (Fsp3) is 0.636. The number of ether oxygens (including phenoxy) is 1. The smallest absolute Gasteiger partial charge is 0.309 e. The van der Waals surface area contributed by atoms with Crippen molar-refractivity contribution >= 4 is 11.9 Å². The number of amides is 1. The van der Waals surface area contributed by atoms with Gasteiger partial charge in [0.05, 0.1) is 12.0 Å². The Morgan fingerprint density at radius 1 is 1.60 bits per heavy atom. The number of nitrogens with one attached hydrogen (secondary N) is 1. The van der Waals surface area contributed by atoms with E-state index in [9.17, 15) is 9.59 Å². The molecular formula is C11H15NO3. The predicted molar refractivity (Wildman–Crippen MR) is 53.9 cm³/mol. The van der Waals surface area contributed by atoms with E-state index in [1.165, 1.54) is 6.08 Å². The highest BCUT2D eigenvalue weighted by Gasteiger charge is 2.47. The third kappa shape index (κ3) is 1.76. The van der Waals surface area contributed by atoms with E-state index in [-0.39, 0.29) is 35.9 Å². The van der Waals surface area contributed by atoms with Gasteiger partial charge in [-0.3, -0.25) is 9.59 Å². The lowest BCUT2D eigenvalue weighted by atomic mass is 9.79. The van der Waals surface area contributed by atoms with Crippen molar-refractivity contribution in [3.8, 4) is 0 Å². The molecule has 2 bridgehead atoms. The first-order valence-corrected chi connectivity index (χ1v) is 5.25. The van der Waals surface area contributed by atoms with Gasteiger partial charge in [0.2, 0.25) is 5.91 Å². The third-order valence-corrected chi connectivity index (χ3v) is 3.28. The number of rotatable bonds is 2. The van der Waals surface area contributed by atoms with Crippen LogP contribution in [-0.2, 0) is 14.3 Å². The highest BCUT2D eigenvalue weighted by molar-refractivity contribution is 5.87. The molecule has 1 amide bonds. The Hall–Kier alpha value is -1.32. The van der Waals surface area contributed by atoms with Crippen LogP contribution < -0.4 is 5.32 Å². The summed E-state index contributed by atoms with van der Waals surface area (Å²) in [5.41, 5.74) is 0. The van der Waals surface area contributed by atoms with E-state index in [0.29, 0.717) is 0 Å². The maximum atomic E-state index is 11.3. The number of fused-ring (bicyclic) bond motifs is 2. The first-order chi connectivity index (χ1) is 7.11. The second-order valence-electron chi connectivity index (χ2n) is 4.36. The van der Waals surface area contributed by atoms with Gasteiger partial charge in [-0.2, -0.15) is 0 Å². The molecular weight excluding hydrogens is 194 g/mol. The molecule has 0 aromatic heterocycles. The second kappa shape index (κ2) is 3.68. The maximum absolute atomic E-state index is 11.3. The summed E-state index contributed by atoms with van der Waals surface area (Å²) >= 11 is 0.